The SMILES string of the molecule is CCc1ncnc(OC2CCN(S(=O)(=O)c3ccc(OCC(N)=O)cc3)C2)c1F. The van der Waals surface area contributed by atoms with Crippen molar-refractivity contribution in [1.29, 1.82) is 0 Å². The Morgan fingerprint density at radius 3 is 2.69 bits per heavy atom. The molecule has 1 unspecified atom stereocenters. The summed E-state index contributed by atoms with van der Waals surface area (Å²) in [5.74, 6) is -1.09. The quantitative estimate of drug-likeness (QED) is 0.667. The van der Waals surface area contributed by atoms with E-state index in [9.17, 15) is 17.6 Å². The maximum absolute atomic E-state index is 14.3. The lowest BCUT2D eigenvalue weighted by Gasteiger charge is -2.17. The van der Waals surface area contributed by atoms with Crippen LogP contribution >= 0.6 is 0 Å². The third kappa shape index (κ3) is 4.80. The molecule has 1 fully saturated rings. The number of aryl methyl sites for hydroxylation is 1. The van der Waals surface area contributed by atoms with Crippen LogP contribution < -0.4 is 15.2 Å². The first-order valence-electron chi connectivity index (χ1n) is 8.98. The fraction of sp³-hybridized carbons (Fsp3) is 0.389. The number of hydrogen-bond donors (Lipinski definition) is 1. The average Bonchev–Trinajstić information content (AvgIpc) is 3.18. The van der Waals surface area contributed by atoms with Crippen LogP contribution in [-0.4, -0.2) is 54.4 Å². The van der Waals surface area contributed by atoms with Gasteiger partial charge in [-0.1, -0.05) is 6.92 Å². The third-order valence-corrected chi connectivity index (χ3v) is 6.27. The zero-order valence-corrected chi connectivity index (χ0v) is 16.6. The Morgan fingerprint density at radius 2 is 2.03 bits per heavy atom. The Labute approximate surface area is 167 Å². The Morgan fingerprint density at radius 1 is 1.31 bits per heavy atom. The molecule has 29 heavy (non-hydrogen) atoms. The molecule has 3 rings (SSSR count). The molecule has 1 aromatic carbocycles. The highest BCUT2D eigenvalue weighted by molar-refractivity contribution is 7.89. The summed E-state index contributed by atoms with van der Waals surface area (Å²) in [6, 6.07) is 5.67. The minimum atomic E-state index is -3.76. The summed E-state index contributed by atoms with van der Waals surface area (Å²) < 4.78 is 51.9. The van der Waals surface area contributed by atoms with Crippen molar-refractivity contribution in [1.82, 2.24) is 14.3 Å². The number of nitrogens with two attached hydrogens (primary N) is 1. The summed E-state index contributed by atoms with van der Waals surface area (Å²) in [4.78, 5) is 18.5. The molecule has 1 amide bonds. The van der Waals surface area contributed by atoms with E-state index in [4.69, 9.17) is 15.2 Å². The van der Waals surface area contributed by atoms with E-state index < -0.39 is 27.9 Å². The van der Waals surface area contributed by atoms with Gasteiger partial charge in [-0.2, -0.15) is 13.7 Å². The molecule has 0 aliphatic carbocycles. The van der Waals surface area contributed by atoms with Crippen LogP contribution in [0, 0.1) is 5.82 Å². The van der Waals surface area contributed by atoms with E-state index in [0.29, 0.717) is 18.6 Å². The number of halogens is 1. The van der Waals surface area contributed by atoms with Crippen LogP contribution in [0.4, 0.5) is 4.39 Å². The van der Waals surface area contributed by atoms with Crippen molar-refractivity contribution < 1.29 is 27.1 Å². The predicted molar refractivity (Wildman–Crippen MR) is 100 cm³/mol. The number of aromatic nitrogens is 2. The van der Waals surface area contributed by atoms with Crippen molar-refractivity contribution in [2.24, 2.45) is 5.73 Å². The van der Waals surface area contributed by atoms with Crippen LogP contribution in [0.15, 0.2) is 35.5 Å². The zero-order chi connectivity index (χ0) is 21.0. The minimum Gasteiger partial charge on any atom is -0.484 e. The van der Waals surface area contributed by atoms with Gasteiger partial charge >= 0.3 is 0 Å². The van der Waals surface area contributed by atoms with E-state index in [0.717, 1.165) is 0 Å². The second-order valence-corrected chi connectivity index (χ2v) is 8.35. The lowest BCUT2D eigenvalue weighted by atomic mass is 10.3. The standard InChI is InChI=1S/C18H21FN4O5S/c1-2-15-17(19)18(22-11-21-15)28-13-7-8-23(9-13)29(25,26)14-5-3-12(4-6-14)27-10-16(20)24/h3-6,11,13H,2,7-10H2,1H3,(H2,20,24). The van der Waals surface area contributed by atoms with Gasteiger partial charge in [0.25, 0.3) is 11.8 Å². The average molecular weight is 424 g/mol. The third-order valence-electron chi connectivity index (χ3n) is 4.39. The molecule has 1 aliphatic rings. The summed E-state index contributed by atoms with van der Waals surface area (Å²) in [5.41, 5.74) is 5.25. The summed E-state index contributed by atoms with van der Waals surface area (Å²) in [6.45, 7) is 1.79. The van der Waals surface area contributed by atoms with Gasteiger partial charge in [0.15, 0.2) is 6.61 Å². The number of ether oxygens (including phenoxy) is 2. The van der Waals surface area contributed by atoms with Crippen molar-refractivity contribution in [2.45, 2.75) is 30.8 Å². The summed E-state index contributed by atoms with van der Waals surface area (Å²) in [6.07, 6.45) is 1.51. The van der Waals surface area contributed by atoms with Crippen molar-refractivity contribution in [3.63, 3.8) is 0 Å². The molecule has 2 aromatic rings. The second kappa shape index (κ2) is 8.70. The van der Waals surface area contributed by atoms with E-state index in [1.54, 1.807) is 6.92 Å². The normalized spacial score (nSPS) is 17.2. The van der Waals surface area contributed by atoms with E-state index >= 15 is 0 Å². The first kappa shape index (κ1) is 20.9. The van der Waals surface area contributed by atoms with Crippen molar-refractivity contribution in [3.05, 3.63) is 42.1 Å². The van der Waals surface area contributed by atoms with Gasteiger partial charge in [0.05, 0.1) is 17.1 Å². The molecule has 1 atom stereocenters. The van der Waals surface area contributed by atoms with Gasteiger partial charge in [-0.25, -0.2) is 13.4 Å². The van der Waals surface area contributed by atoms with Gasteiger partial charge in [0.1, 0.15) is 18.2 Å². The molecule has 11 heteroatoms. The highest BCUT2D eigenvalue weighted by Gasteiger charge is 2.34. The van der Waals surface area contributed by atoms with Gasteiger partial charge in [-0.15, -0.1) is 0 Å². The Balaban J connectivity index is 1.66. The first-order valence-corrected chi connectivity index (χ1v) is 10.4. The fourth-order valence-electron chi connectivity index (χ4n) is 2.90. The van der Waals surface area contributed by atoms with E-state index in [2.05, 4.69) is 9.97 Å². The highest BCUT2D eigenvalue weighted by Crippen LogP contribution is 2.26. The monoisotopic (exact) mass is 424 g/mol. The van der Waals surface area contributed by atoms with Crippen LogP contribution in [0.1, 0.15) is 19.0 Å². The largest absolute Gasteiger partial charge is 0.484 e. The van der Waals surface area contributed by atoms with Crippen LogP contribution in [0.25, 0.3) is 0 Å². The molecule has 1 aromatic heterocycles. The Bertz CT molecular complexity index is 984. The second-order valence-electron chi connectivity index (χ2n) is 6.41. The smallest absolute Gasteiger partial charge is 0.255 e. The summed E-state index contributed by atoms with van der Waals surface area (Å²) >= 11 is 0. The van der Waals surface area contributed by atoms with Gasteiger partial charge in [0.2, 0.25) is 15.8 Å². The number of nitrogens with zero attached hydrogens (tertiary/aromatic N) is 3. The number of benzene rings is 1. The molecule has 156 valence electrons. The molecule has 1 aliphatic heterocycles. The van der Waals surface area contributed by atoms with Gasteiger partial charge < -0.3 is 15.2 Å². The molecule has 0 saturated carbocycles. The maximum atomic E-state index is 14.3. The van der Waals surface area contributed by atoms with Gasteiger partial charge in [-0.05, 0) is 37.1 Å². The van der Waals surface area contributed by atoms with Crippen LogP contribution in [0.5, 0.6) is 11.6 Å². The van der Waals surface area contributed by atoms with Gasteiger partial charge in [0, 0.05) is 6.54 Å². The summed E-state index contributed by atoms with van der Waals surface area (Å²) in [7, 11) is -3.76. The first-order chi connectivity index (χ1) is 13.8. The summed E-state index contributed by atoms with van der Waals surface area (Å²) in [5, 5.41) is 0. The number of amides is 1. The topological polar surface area (TPSA) is 125 Å². The van der Waals surface area contributed by atoms with E-state index in [1.807, 2.05) is 0 Å². The lowest BCUT2D eigenvalue weighted by Crippen LogP contribution is -2.31. The van der Waals surface area contributed by atoms with Crippen molar-refractivity contribution in [2.75, 3.05) is 19.7 Å². The van der Waals surface area contributed by atoms with Crippen molar-refractivity contribution >= 4 is 15.9 Å². The number of sulfonamides is 1. The number of primary amides is 1. The van der Waals surface area contributed by atoms with Crippen LogP contribution in [0.3, 0.4) is 0 Å². The Hall–Kier alpha value is -2.79. The molecular formula is C18H21FN4O5S. The number of carbonyl (C=O) groups is 1. The molecule has 0 spiro atoms. The number of hydrogen-bond acceptors (Lipinski definition) is 7. The minimum absolute atomic E-state index is 0.0751. The predicted octanol–water partition coefficient (Wildman–Crippen LogP) is 0.884. The molecule has 0 radical (unpaired) electrons. The van der Waals surface area contributed by atoms with Gasteiger partial charge in [-0.3, -0.25) is 4.79 Å². The number of carbonyl (C=O) groups excluding carboxylic acids is 1. The molecular weight excluding hydrogens is 403 g/mol. The molecule has 1 saturated heterocycles. The Kier molecular flexibility index (Phi) is 6.28. The maximum Gasteiger partial charge on any atom is 0.255 e. The fourth-order valence-corrected chi connectivity index (χ4v) is 4.38. The van der Waals surface area contributed by atoms with Crippen molar-refractivity contribution in [3.8, 4) is 11.6 Å². The zero-order valence-electron chi connectivity index (χ0n) is 15.7. The van der Waals surface area contributed by atoms with E-state index in [1.165, 1.54) is 34.9 Å². The molecule has 2 heterocycles. The van der Waals surface area contributed by atoms with E-state index in [-0.39, 0.29) is 36.2 Å². The molecule has 9 nitrogen and oxygen atoms in total. The lowest BCUT2D eigenvalue weighted by molar-refractivity contribution is -0.119. The number of rotatable bonds is 8. The van der Waals surface area contributed by atoms with Crippen LogP contribution in [0.2, 0.25) is 0 Å². The molecule has 2 N–H and O–H groups in total. The highest BCUT2D eigenvalue weighted by atomic mass is 32.2. The van der Waals surface area contributed by atoms with Crippen LogP contribution in [-0.2, 0) is 21.2 Å². The molecule has 0 bridgehead atoms.